The number of carbonyl (C=O) groups is 1. The summed E-state index contributed by atoms with van der Waals surface area (Å²) < 4.78 is 1.75. The zero-order valence-corrected chi connectivity index (χ0v) is 9.76. The zero-order valence-electron chi connectivity index (χ0n) is 9.76. The molecule has 0 aliphatic rings. The van der Waals surface area contributed by atoms with Crippen molar-refractivity contribution in [1.82, 2.24) is 9.47 Å². The Morgan fingerprint density at radius 2 is 2.29 bits per heavy atom. The molecule has 1 aromatic rings. The fourth-order valence-electron chi connectivity index (χ4n) is 1.46. The molecule has 0 aliphatic carbocycles. The lowest BCUT2D eigenvalue weighted by Gasteiger charge is -2.15. The average Bonchev–Trinajstić information content (AvgIpc) is 2.80. The Hall–Kier alpha value is -2.27. The summed E-state index contributed by atoms with van der Waals surface area (Å²) in [6.07, 6.45) is 2.46. The predicted molar refractivity (Wildman–Crippen MR) is 61.6 cm³/mol. The molecule has 0 radical (unpaired) electrons. The molecule has 0 saturated carbocycles. The second kappa shape index (κ2) is 6.34. The Morgan fingerprint density at radius 1 is 1.53 bits per heavy atom. The van der Waals surface area contributed by atoms with Gasteiger partial charge in [0.15, 0.2) is 0 Å². The Labute approximate surface area is 100 Å². The first-order valence-corrected chi connectivity index (χ1v) is 5.35. The third-order valence-electron chi connectivity index (χ3n) is 2.50. The Kier molecular flexibility index (Phi) is 4.77. The highest BCUT2D eigenvalue weighted by molar-refractivity contribution is 5.75. The van der Waals surface area contributed by atoms with Crippen molar-refractivity contribution in [3.8, 4) is 12.1 Å². The van der Waals surface area contributed by atoms with Crippen molar-refractivity contribution in [2.45, 2.75) is 19.4 Å². The normalized spacial score (nSPS) is 9.35. The van der Waals surface area contributed by atoms with E-state index in [-0.39, 0.29) is 5.91 Å². The third-order valence-corrected chi connectivity index (χ3v) is 2.50. The first-order chi connectivity index (χ1) is 8.19. The lowest BCUT2D eigenvalue weighted by atomic mass is 10.3. The summed E-state index contributed by atoms with van der Waals surface area (Å²) in [5, 5.41) is 17.2. The fraction of sp³-hybridized carbons (Fsp3) is 0.417. The van der Waals surface area contributed by atoms with E-state index in [0.29, 0.717) is 31.6 Å². The van der Waals surface area contributed by atoms with E-state index in [0.717, 1.165) is 0 Å². The second-order valence-electron chi connectivity index (χ2n) is 3.67. The molecule has 0 saturated heterocycles. The number of hydrogen-bond acceptors (Lipinski definition) is 3. The molecule has 0 aliphatic heterocycles. The van der Waals surface area contributed by atoms with E-state index < -0.39 is 0 Å². The number of rotatable bonds is 5. The fourth-order valence-corrected chi connectivity index (χ4v) is 1.46. The predicted octanol–water partition coefficient (Wildman–Crippen LogP) is 1.12. The van der Waals surface area contributed by atoms with E-state index in [9.17, 15) is 4.79 Å². The van der Waals surface area contributed by atoms with Crippen LogP contribution in [0.15, 0.2) is 18.3 Å². The second-order valence-corrected chi connectivity index (χ2v) is 3.67. The van der Waals surface area contributed by atoms with Gasteiger partial charge in [0.25, 0.3) is 0 Å². The number of aromatic nitrogens is 1. The van der Waals surface area contributed by atoms with Crippen molar-refractivity contribution in [3.05, 3.63) is 24.0 Å². The van der Waals surface area contributed by atoms with E-state index in [2.05, 4.69) is 6.07 Å². The molecule has 5 nitrogen and oxygen atoms in total. The highest BCUT2D eigenvalue weighted by Crippen LogP contribution is 2.03. The largest absolute Gasteiger partial charge is 0.345 e. The van der Waals surface area contributed by atoms with Gasteiger partial charge in [0.1, 0.15) is 11.8 Å². The van der Waals surface area contributed by atoms with Crippen LogP contribution in [-0.4, -0.2) is 29.0 Å². The van der Waals surface area contributed by atoms with E-state index in [1.807, 2.05) is 6.07 Å². The molecule has 0 fully saturated rings. The third kappa shape index (κ3) is 3.66. The van der Waals surface area contributed by atoms with Crippen molar-refractivity contribution >= 4 is 5.91 Å². The molecule has 0 N–H and O–H groups in total. The van der Waals surface area contributed by atoms with Crippen LogP contribution < -0.4 is 0 Å². The monoisotopic (exact) mass is 230 g/mol. The molecule has 1 rings (SSSR count). The number of nitrogens with zero attached hydrogens (tertiary/aromatic N) is 4. The standard InChI is InChI=1S/C12H14N4O/c1-15(7-3-6-13)12(17)5-9-16-8-2-4-11(16)10-14/h2,4,8H,3,5,7,9H2,1H3. The van der Waals surface area contributed by atoms with Crippen LogP contribution in [-0.2, 0) is 11.3 Å². The van der Waals surface area contributed by atoms with Crippen molar-refractivity contribution in [2.24, 2.45) is 0 Å². The minimum Gasteiger partial charge on any atom is -0.345 e. The SMILES string of the molecule is CN(CCC#N)C(=O)CCn1cccc1C#N. The molecule has 1 amide bonds. The molecule has 17 heavy (non-hydrogen) atoms. The molecule has 0 aromatic carbocycles. The highest BCUT2D eigenvalue weighted by atomic mass is 16.2. The summed E-state index contributed by atoms with van der Waals surface area (Å²) in [7, 11) is 1.68. The van der Waals surface area contributed by atoms with Crippen LogP contribution in [0.4, 0.5) is 0 Å². The number of amides is 1. The topological polar surface area (TPSA) is 72.8 Å². The summed E-state index contributed by atoms with van der Waals surface area (Å²) in [4.78, 5) is 13.2. The molecule has 0 unspecified atom stereocenters. The van der Waals surface area contributed by atoms with E-state index >= 15 is 0 Å². The number of nitriles is 2. The molecule has 5 heteroatoms. The van der Waals surface area contributed by atoms with Crippen molar-refractivity contribution in [1.29, 1.82) is 10.5 Å². The van der Waals surface area contributed by atoms with Crippen LogP contribution >= 0.6 is 0 Å². The summed E-state index contributed by atoms with van der Waals surface area (Å²) >= 11 is 0. The quantitative estimate of drug-likeness (QED) is 0.760. The van der Waals surface area contributed by atoms with Gasteiger partial charge in [-0.15, -0.1) is 0 Å². The maximum Gasteiger partial charge on any atom is 0.224 e. The maximum absolute atomic E-state index is 11.7. The summed E-state index contributed by atoms with van der Waals surface area (Å²) in [5.41, 5.74) is 0.553. The lowest BCUT2D eigenvalue weighted by molar-refractivity contribution is -0.130. The van der Waals surface area contributed by atoms with Crippen molar-refractivity contribution in [2.75, 3.05) is 13.6 Å². The minimum absolute atomic E-state index is 0.0159. The van der Waals surface area contributed by atoms with E-state index in [1.165, 1.54) is 0 Å². The molecule has 1 heterocycles. The first-order valence-electron chi connectivity index (χ1n) is 5.35. The average molecular weight is 230 g/mol. The summed E-state index contributed by atoms with van der Waals surface area (Å²) in [5.74, 6) is -0.0159. The minimum atomic E-state index is -0.0159. The molecular formula is C12H14N4O. The lowest BCUT2D eigenvalue weighted by Crippen LogP contribution is -2.28. The number of hydrogen-bond donors (Lipinski definition) is 0. The maximum atomic E-state index is 11.7. The first kappa shape index (κ1) is 12.8. The van der Waals surface area contributed by atoms with Gasteiger partial charge in [0, 0.05) is 32.8 Å². The van der Waals surface area contributed by atoms with Crippen LogP contribution in [0.5, 0.6) is 0 Å². The van der Waals surface area contributed by atoms with Gasteiger partial charge in [0.05, 0.1) is 12.5 Å². The summed E-state index contributed by atoms with van der Waals surface area (Å²) in [6, 6.07) is 7.55. The van der Waals surface area contributed by atoms with Crippen molar-refractivity contribution < 1.29 is 4.79 Å². The van der Waals surface area contributed by atoms with Gasteiger partial charge < -0.3 is 9.47 Å². The van der Waals surface area contributed by atoms with Gasteiger partial charge in [-0.2, -0.15) is 10.5 Å². The van der Waals surface area contributed by atoms with Gasteiger partial charge in [-0.05, 0) is 12.1 Å². The van der Waals surface area contributed by atoms with Crippen molar-refractivity contribution in [3.63, 3.8) is 0 Å². The van der Waals surface area contributed by atoms with Gasteiger partial charge in [-0.3, -0.25) is 4.79 Å². The van der Waals surface area contributed by atoms with Gasteiger partial charge in [-0.25, -0.2) is 0 Å². The summed E-state index contributed by atoms with van der Waals surface area (Å²) in [6.45, 7) is 0.942. The van der Waals surface area contributed by atoms with Gasteiger partial charge in [0.2, 0.25) is 5.91 Å². The Morgan fingerprint density at radius 3 is 2.94 bits per heavy atom. The highest BCUT2D eigenvalue weighted by Gasteiger charge is 2.09. The molecule has 88 valence electrons. The molecular weight excluding hydrogens is 216 g/mol. The molecule has 1 aromatic heterocycles. The zero-order chi connectivity index (χ0) is 12.7. The molecule has 0 atom stereocenters. The Bertz CT molecular complexity index is 464. The van der Waals surface area contributed by atoms with Gasteiger partial charge in [-0.1, -0.05) is 0 Å². The Balaban J connectivity index is 2.44. The van der Waals surface area contributed by atoms with Crippen LogP contribution in [0.1, 0.15) is 18.5 Å². The number of carbonyl (C=O) groups excluding carboxylic acids is 1. The van der Waals surface area contributed by atoms with E-state index in [1.54, 1.807) is 34.8 Å². The van der Waals surface area contributed by atoms with Crippen LogP contribution in [0.2, 0.25) is 0 Å². The molecule has 0 bridgehead atoms. The van der Waals surface area contributed by atoms with Crippen LogP contribution in [0.3, 0.4) is 0 Å². The van der Waals surface area contributed by atoms with Crippen LogP contribution in [0, 0.1) is 22.7 Å². The van der Waals surface area contributed by atoms with Gasteiger partial charge >= 0.3 is 0 Å². The van der Waals surface area contributed by atoms with Crippen LogP contribution in [0.25, 0.3) is 0 Å². The number of aryl methyl sites for hydroxylation is 1. The smallest absolute Gasteiger partial charge is 0.224 e. The molecule has 0 spiro atoms. The van der Waals surface area contributed by atoms with E-state index in [4.69, 9.17) is 10.5 Å².